The first kappa shape index (κ1) is 21.2. The summed E-state index contributed by atoms with van der Waals surface area (Å²) in [5.41, 5.74) is 3.58. The minimum Gasteiger partial charge on any atom is -0.295 e. The quantitative estimate of drug-likeness (QED) is 0.385. The van der Waals surface area contributed by atoms with Crippen LogP contribution in [-0.4, -0.2) is 10.8 Å². The zero-order chi connectivity index (χ0) is 20.4. The van der Waals surface area contributed by atoms with E-state index in [0.29, 0.717) is 6.42 Å². The Morgan fingerprint density at radius 2 is 1.96 bits per heavy atom. The van der Waals surface area contributed by atoms with Crippen LogP contribution in [0.4, 0.5) is 4.39 Å². The molecule has 1 aromatic heterocycles. The van der Waals surface area contributed by atoms with E-state index >= 15 is 0 Å². The molecule has 0 saturated carbocycles. The number of pyridine rings is 1. The van der Waals surface area contributed by atoms with Gasteiger partial charge in [-0.25, -0.2) is 4.39 Å². The third kappa shape index (κ3) is 7.28. The molecule has 28 heavy (non-hydrogen) atoms. The van der Waals surface area contributed by atoms with Crippen molar-refractivity contribution in [2.24, 2.45) is 5.92 Å². The molecule has 0 saturated heterocycles. The number of ketones is 1. The first-order valence-electron chi connectivity index (χ1n) is 9.38. The van der Waals surface area contributed by atoms with Gasteiger partial charge in [-0.15, -0.1) is 0 Å². The molecule has 1 aromatic carbocycles. The lowest BCUT2D eigenvalue weighted by molar-refractivity contribution is -0.115. The fourth-order valence-electron chi connectivity index (χ4n) is 2.52. The Kier molecular flexibility index (Phi) is 8.29. The molecule has 2 rings (SSSR count). The fourth-order valence-corrected chi connectivity index (χ4v) is 2.52. The van der Waals surface area contributed by atoms with Crippen LogP contribution in [0.25, 0.3) is 17.2 Å². The summed E-state index contributed by atoms with van der Waals surface area (Å²) in [6.07, 6.45) is 15.4. The highest BCUT2D eigenvalue weighted by Crippen LogP contribution is 2.19. The van der Waals surface area contributed by atoms with Crippen LogP contribution in [-0.2, 0) is 4.79 Å². The summed E-state index contributed by atoms with van der Waals surface area (Å²) in [6.45, 7) is 5.94. The first-order valence-corrected chi connectivity index (χ1v) is 9.38. The van der Waals surface area contributed by atoms with Crippen molar-refractivity contribution in [2.75, 3.05) is 0 Å². The van der Waals surface area contributed by atoms with E-state index in [9.17, 15) is 9.18 Å². The van der Waals surface area contributed by atoms with Gasteiger partial charge in [0.15, 0.2) is 5.78 Å². The molecule has 0 aliphatic carbocycles. The molecule has 0 fully saturated rings. The lowest BCUT2D eigenvalue weighted by Crippen LogP contribution is -1.99. The molecule has 2 aromatic rings. The predicted octanol–water partition coefficient (Wildman–Crippen LogP) is 6.57. The molecule has 144 valence electrons. The molecule has 3 heteroatoms. The highest BCUT2D eigenvalue weighted by molar-refractivity contribution is 5.90. The van der Waals surface area contributed by atoms with Crippen molar-refractivity contribution >= 4 is 11.9 Å². The number of carbonyl (C=O) groups excluding carboxylic acids is 1. The number of halogens is 1. The molecular weight excluding hydrogens is 349 g/mol. The van der Waals surface area contributed by atoms with E-state index in [2.05, 4.69) is 4.98 Å². The zero-order valence-electron chi connectivity index (χ0n) is 16.6. The molecule has 0 aliphatic rings. The van der Waals surface area contributed by atoms with Crippen molar-refractivity contribution in [2.45, 2.75) is 27.2 Å². The zero-order valence-corrected chi connectivity index (χ0v) is 16.6. The van der Waals surface area contributed by atoms with Crippen molar-refractivity contribution in [3.8, 4) is 11.1 Å². The van der Waals surface area contributed by atoms with E-state index < -0.39 is 0 Å². The number of carbonyl (C=O) groups is 1. The molecule has 0 unspecified atom stereocenters. The molecule has 1 atom stereocenters. The highest BCUT2D eigenvalue weighted by Gasteiger charge is 2.03. The van der Waals surface area contributed by atoms with Gasteiger partial charge in [-0.3, -0.25) is 9.78 Å². The summed E-state index contributed by atoms with van der Waals surface area (Å²) in [5.74, 6) is 0.0274. The molecule has 2 nitrogen and oxygen atoms in total. The Hall–Kier alpha value is -3.07. The molecule has 0 bridgehead atoms. The minimum atomic E-state index is -0.258. The largest absolute Gasteiger partial charge is 0.295 e. The molecule has 1 heterocycles. The van der Waals surface area contributed by atoms with Crippen LogP contribution >= 0.6 is 0 Å². The van der Waals surface area contributed by atoms with E-state index in [4.69, 9.17) is 0 Å². The average molecular weight is 375 g/mol. The third-order valence-electron chi connectivity index (χ3n) is 4.27. The Labute approximate surface area is 166 Å². The lowest BCUT2D eigenvalue weighted by atomic mass is 10.0. The number of hydrogen-bond acceptors (Lipinski definition) is 2. The Morgan fingerprint density at radius 3 is 2.64 bits per heavy atom. The lowest BCUT2D eigenvalue weighted by Gasteiger charge is -2.02. The molecule has 0 N–H and O–H groups in total. The van der Waals surface area contributed by atoms with E-state index in [1.54, 1.807) is 18.3 Å². The van der Waals surface area contributed by atoms with Crippen LogP contribution in [0.5, 0.6) is 0 Å². The van der Waals surface area contributed by atoms with Crippen molar-refractivity contribution in [1.29, 1.82) is 0 Å². The monoisotopic (exact) mass is 375 g/mol. The second kappa shape index (κ2) is 10.9. The smallest absolute Gasteiger partial charge is 0.156 e. The topological polar surface area (TPSA) is 30.0 Å². The van der Waals surface area contributed by atoms with Gasteiger partial charge in [0.1, 0.15) is 5.82 Å². The van der Waals surface area contributed by atoms with Crippen LogP contribution in [0.2, 0.25) is 0 Å². The van der Waals surface area contributed by atoms with Gasteiger partial charge in [0, 0.05) is 18.2 Å². The van der Waals surface area contributed by atoms with Crippen molar-refractivity contribution in [3.63, 3.8) is 0 Å². The SMILES string of the molecule is C/C=C(C)/C=C/C(=O)C[C@H](C)/C=C\C=C\c1ccc(-c2cccc(F)c2)cn1. The summed E-state index contributed by atoms with van der Waals surface area (Å²) in [7, 11) is 0. The number of rotatable bonds is 8. The van der Waals surface area contributed by atoms with E-state index in [-0.39, 0.29) is 17.5 Å². The van der Waals surface area contributed by atoms with E-state index in [1.165, 1.54) is 12.1 Å². The molecular formula is C25H26FNO. The van der Waals surface area contributed by atoms with Crippen molar-refractivity contribution < 1.29 is 9.18 Å². The number of benzene rings is 1. The van der Waals surface area contributed by atoms with E-state index in [1.807, 2.05) is 75.4 Å². The number of aromatic nitrogens is 1. The van der Waals surface area contributed by atoms with Crippen molar-refractivity contribution in [3.05, 3.63) is 96.1 Å². The van der Waals surface area contributed by atoms with Gasteiger partial charge < -0.3 is 0 Å². The summed E-state index contributed by atoms with van der Waals surface area (Å²) in [5, 5.41) is 0. The molecule has 0 aliphatic heterocycles. The van der Waals surface area contributed by atoms with Gasteiger partial charge in [0.2, 0.25) is 0 Å². The normalized spacial score (nSPS) is 13.6. The summed E-state index contributed by atoms with van der Waals surface area (Å²) in [6, 6.07) is 10.3. The Balaban J connectivity index is 1.88. The molecule has 0 radical (unpaired) electrons. The van der Waals surface area contributed by atoms with Crippen LogP contribution in [0.15, 0.2) is 84.6 Å². The number of allylic oxidation sites excluding steroid dienone is 7. The summed E-state index contributed by atoms with van der Waals surface area (Å²) >= 11 is 0. The number of nitrogens with zero attached hydrogens (tertiary/aromatic N) is 1. The van der Waals surface area contributed by atoms with Gasteiger partial charge in [-0.2, -0.15) is 0 Å². The van der Waals surface area contributed by atoms with Gasteiger partial charge in [0.25, 0.3) is 0 Å². The average Bonchev–Trinajstić information content (AvgIpc) is 2.70. The molecule has 0 amide bonds. The maximum absolute atomic E-state index is 13.3. The van der Waals surface area contributed by atoms with Crippen LogP contribution in [0.3, 0.4) is 0 Å². The summed E-state index contributed by atoms with van der Waals surface area (Å²) < 4.78 is 13.3. The fraction of sp³-hybridized carbons (Fsp3) is 0.200. The predicted molar refractivity (Wildman–Crippen MR) is 115 cm³/mol. The van der Waals surface area contributed by atoms with E-state index in [0.717, 1.165) is 22.4 Å². The van der Waals surface area contributed by atoms with Crippen molar-refractivity contribution in [1.82, 2.24) is 4.98 Å². The maximum atomic E-state index is 13.3. The Bertz CT molecular complexity index is 904. The van der Waals surface area contributed by atoms with Crippen LogP contribution < -0.4 is 0 Å². The van der Waals surface area contributed by atoms with Gasteiger partial charge >= 0.3 is 0 Å². The highest BCUT2D eigenvalue weighted by atomic mass is 19.1. The maximum Gasteiger partial charge on any atom is 0.156 e. The van der Waals surface area contributed by atoms with Gasteiger partial charge in [0.05, 0.1) is 5.69 Å². The van der Waals surface area contributed by atoms with Gasteiger partial charge in [-0.1, -0.05) is 61.1 Å². The second-order valence-corrected chi connectivity index (χ2v) is 6.74. The summed E-state index contributed by atoms with van der Waals surface area (Å²) in [4.78, 5) is 16.3. The third-order valence-corrected chi connectivity index (χ3v) is 4.27. The van der Waals surface area contributed by atoms with Crippen LogP contribution in [0, 0.1) is 11.7 Å². The van der Waals surface area contributed by atoms with Crippen LogP contribution in [0.1, 0.15) is 32.9 Å². The van der Waals surface area contributed by atoms with Gasteiger partial charge in [-0.05, 0) is 55.7 Å². The second-order valence-electron chi connectivity index (χ2n) is 6.74. The minimum absolute atomic E-state index is 0.122. The number of hydrogen-bond donors (Lipinski definition) is 0. The Morgan fingerprint density at radius 1 is 1.14 bits per heavy atom. The molecule has 0 spiro atoms. The standard InChI is InChI=1S/C25H26FNO/c1-4-19(2)12-15-25(28)16-20(3)8-5-6-11-24-14-13-22(18-27-24)21-9-7-10-23(26)17-21/h4-15,17-18,20H,16H2,1-3H3/b8-5-,11-6+,15-12+,19-4+/t20-/m1/s1. The first-order chi connectivity index (χ1) is 13.5.